The van der Waals surface area contributed by atoms with E-state index in [2.05, 4.69) is 22.4 Å². The second kappa shape index (κ2) is 6.36. The highest BCUT2D eigenvalue weighted by atomic mass is 16.6. The minimum absolute atomic E-state index is 0.0627. The van der Waals surface area contributed by atoms with Crippen LogP contribution in [0.1, 0.15) is 27.6 Å². The lowest BCUT2D eigenvalue weighted by Gasteiger charge is -2.13. The Kier molecular flexibility index (Phi) is 3.89. The van der Waals surface area contributed by atoms with E-state index < -0.39 is 12.1 Å². The lowest BCUT2D eigenvalue weighted by Crippen LogP contribution is -2.18. The average molecular weight is 350 g/mol. The number of carbonyl (C=O) groups is 2. The van der Waals surface area contributed by atoms with E-state index in [9.17, 15) is 9.59 Å². The molecule has 7 heteroatoms. The van der Waals surface area contributed by atoms with Gasteiger partial charge < -0.3 is 14.3 Å². The van der Waals surface area contributed by atoms with Crippen LogP contribution < -0.4 is 5.32 Å². The topological polar surface area (TPSA) is 102 Å². The number of rotatable bonds is 4. The number of nitrogens with zero attached hydrogens (tertiary/aromatic N) is 1. The first-order valence-electron chi connectivity index (χ1n) is 7.94. The van der Waals surface area contributed by atoms with E-state index in [-0.39, 0.29) is 24.3 Å². The highest BCUT2D eigenvalue weighted by molar-refractivity contribution is 5.86. The minimum atomic E-state index is -1.27. The molecule has 1 aliphatic carbocycles. The van der Waals surface area contributed by atoms with Crippen molar-refractivity contribution in [1.82, 2.24) is 4.98 Å². The number of oxazole rings is 1. The molecule has 0 spiro atoms. The monoisotopic (exact) mass is 350 g/mol. The molecule has 0 saturated carbocycles. The van der Waals surface area contributed by atoms with Gasteiger partial charge in [-0.05, 0) is 22.3 Å². The van der Waals surface area contributed by atoms with Crippen molar-refractivity contribution < 1.29 is 23.8 Å². The Morgan fingerprint density at radius 1 is 1.08 bits per heavy atom. The van der Waals surface area contributed by atoms with Crippen molar-refractivity contribution in [2.24, 2.45) is 0 Å². The molecule has 130 valence electrons. The quantitative estimate of drug-likeness (QED) is 0.743. The highest BCUT2D eigenvalue weighted by Gasteiger charge is 2.29. The molecule has 0 aliphatic heterocycles. The van der Waals surface area contributed by atoms with Crippen LogP contribution in [0.5, 0.6) is 0 Å². The molecule has 26 heavy (non-hydrogen) atoms. The van der Waals surface area contributed by atoms with Crippen molar-refractivity contribution in [3.8, 4) is 11.1 Å². The average Bonchev–Trinajstić information content (AvgIpc) is 3.23. The van der Waals surface area contributed by atoms with E-state index >= 15 is 0 Å². The third-order valence-electron chi connectivity index (χ3n) is 4.27. The molecule has 4 rings (SSSR count). The van der Waals surface area contributed by atoms with E-state index in [1.54, 1.807) is 0 Å². The molecule has 1 aromatic heterocycles. The Hall–Kier alpha value is -3.61. The Morgan fingerprint density at radius 3 is 2.27 bits per heavy atom. The molecule has 1 amide bonds. The van der Waals surface area contributed by atoms with Crippen molar-refractivity contribution in [1.29, 1.82) is 0 Å². The lowest BCUT2D eigenvalue weighted by molar-refractivity contribution is 0.0663. The number of fused-ring (bicyclic) bond motifs is 3. The number of benzene rings is 2. The van der Waals surface area contributed by atoms with Crippen LogP contribution in [0.2, 0.25) is 0 Å². The van der Waals surface area contributed by atoms with Crippen LogP contribution in [0.4, 0.5) is 10.8 Å². The number of hydrogen-bond acceptors (Lipinski definition) is 5. The van der Waals surface area contributed by atoms with Crippen LogP contribution in [-0.2, 0) is 4.74 Å². The number of carbonyl (C=O) groups excluding carboxylic acids is 1. The number of aromatic carboxylic acids is 1. The smallest absolute Gasteiger partial charge is 0.415 e. The summed E-state index contributed by atoms with van der Waals surface area (Å²) in [5, 5.41) is 11.1. The van der Waals surface area contributed by atoms with Gasteiger partial charge in [-0.3, -0.25) is 0 Å². The van der Waals surface area contributed by atoms with Crippen LogP contribution in [0, 0.1) is 0 Å². The zero-order valence-corrected chi connectivity index (χ0v) is 13.5. The minimum Gasteiger partial charge on any atom is -0.475 e. The maximum atomic E-state index is 12.0. The molecule has 2 N–H and O–H groups in total. The number of amides is 1. The van der Waals surface area contributed by atoms with Gasteiger partial charge in [-0.2, -0.15) is 0 Å². The van der Waals surface area contributed by atoms with Gasteiger partial charge in [0.25, 0.3) is 0 Å². The van der Waals surface area contributed by atoms with Gasteiger partial charge in [0.15, 0.2) is 0 Å². The van der Waals surface area contributed by atoms with Crippen LogP contribution in [-0.4, -0.2) is 28.8 Å². The third-order valence-corrected chi connectivity index (χ3v) is 4.27. The number of aromatic nitrogens is 1. The zero-order valence-electron chi connectivity index (χ0n) is 13.5. The SMILES string of the molecule is O=C(Nc1ncc(C(=O)O)o1)OCC1c2ccccc2-c2ccccc21. The summed E-state index contributed by atoms with van der Waals surface area (Å²) < 4.78 is 10.2. The molecule has 2 aromatic carbocycles. The fourth-order valence-electron chi connectivity index (χ4n) is 3.15. The molecule has 0 saturated heterocycles. The second-order valence-electron chi connectivity index (χ2n) is 5.79. The first-order valence-corrected chi connectivity index (χ1v) is 7.94. The van der Waals surface area contributed by atoms with Crippen LogP contribution >= 0.6 is 0 Å². The van der Waals surface area contributed by atoms with Crippen molar-refractivity contribution >= 4 is 18.1 Å². The van der Waals surface area contributed by atoms with Gasteiger partial charge >= 0.3 is 18.1 Å². The summed E-state index contributed by atoms with van der Waals surface area (Å²) in [7, 11) is 0. The Labute approximate surface area is 148 Å². The number of nitrogens with one attached hydrogen (secondary N) is 1. The fraction of sp³-hybridized carbons (Fsp3) is 0.105. The first kappa shape index (κ1) is 15.9. The number of hydrogen-bond donors (Lipinski definition) is 2. The van der Waals surface area contributed by atoms with Gasteiger partial charge in [-0.1, -0.05) is 48.5 Å². The molecular weight excluding hydrogens is 336 g/mol. The largest absolute Gasteiger partial charge is 0.475 e. The van der Waals surface area contributed by atoms with Gasteiger partial charge in [-0.15, -0.1) is 0 Å². The molecule has 0 radical (unpaired) electrons. The van der Waals surface area contributed by atoms with Crippen molar-refractivity contribution in [3.63, 3.8) is 0 Å². The number of ether oxygens (including phenoxy) is 1. The predicted molar refractivity (Wildman–Crippen MR) is 92.2 cm³/mol. The number of anilines is 1. The van der Waals surface area contributed by atoms with E-state index in [0.29, 0.717) is 0 Å². The summed E-state index contributed by atoms with van der Waals surface area (Å²) >= 11 is 0. The van der Waals surface area contributed by atoms with E-state index in [0.717, 1.165) is 28.5 Å². The Morgan fingerprint density at radius 2 is 1.69 bits per heavy atom. The maximum Gasteiger partial charge on any atom is 0.415 e. The number of carboxylic acids is 1. The van der Waals surface area contributed by atoms with Crippen molar-refractivity contribution in [3.05, 3.63) is 71.6 Å². The molecule has 0 bridgehead atoms. The predicted octanol–water partition coefficient (Wildman–Crippen LogP) is 3.73. The highest BCUT2D eigenvalue weighted by Crippen LogP contribution is 2.44. The maximum absolute atomic E-state index is 12.0. The normalized spacial score (nSPS) is 12.3. The van der Waals surface area contributed by atoms with Gasteiger partial charge in [0.2, 0.25) is 5.76 Å². The molecule has 1 heterocycles. The Bertz CT molecular complexity index is 949. The van der Waals surface area contributed by atoms with Crippen molar-refractivity contribution in [2.75, 3.05) is 11.9 Å². The molecule has 0 atom stereocenters. The molecule has 3 aromatic rings. The van der Waals surface area contributed by atoms with Crippen LogP contribution in [0.3, 0.4) is 0 Å². The van der Waals surface area contributed by atoms with E-state index in [1.165, 1.54) is 0 Å². The van der Waals surface area contributed by atoms with Crippen molar-refractivity contribution in [2.45, 2.75) is 5.92 Å². The summed E-state index contributed by atoms with van der Waals surface area (Å²) in [5.41, 5.74) is 4.48. The molecule has 0 fully saturated rings. The van der Waals surface area contributed by atoms with Gasteiger partial charge in [0, 0.05) is 5.92 Å². The first-order chi connectivity index (χ1) is 12.6. The number of carboxylic acid groups (broad SMARTS) is 1. The molecule has 7 nitrogen and oxygen atoms in total. The lowest BCUT2D eigenvalue weighted by atomic mass is 9.98. The summed E-state index contributed by atoms with van der Waals surface area (Å²) in [6, 6.07) is 15.8. The summed E-state index contributed by atoms with van der Waals surface area (Å²) in [6.07, 6.45) is 0.257. The second-order valence-corrected chi connectivity index (χ2v) is 5.79. The van der Waals surface area contributed by atoms with Gasteiger partial charge in [0.05, 0.1) is 6.20 Å². The Balaban J connectivity index is 1.47. The third kappa shape index (κ3) is 2.79. The summed E-state index contributed by atoms with van der Waals surface area (Å²) in [6.45, 7) is 0.145. The van der Waals surface area contributed by atoms with E-state index in [4.69, 9.17) is 14.3 Å². The van der Waals surface area contributed by atoms with E-state index in [1.807, 2.05) is 36.4 Å². The van der Waals surface area contributed by atoms with Gasteiger partial charge in [0.1, 0.15) is 6.61 Å². The zero-order chi connectivity index (χ0) is 18.1. The molecule has 1 aliphatic rings. The molecule has 0 unspecified atom stereocenters. The fourth-order valence-corrected chi connectivity index (χ4v) is 3.15. The summed E-state index contributed by atoms with van der Waals surface area (Å²) in [5.74, 6) is -1.69. The van der Waals surface area contributed by atoms with Crippen LogP contribution in [0.25, 0.3) is 11.1 Å². The molecular formula is C19H14N2O5. The van der Waals surface area contributed by atoms with Gasteiger partial charge in [-0.25, -0.2) is 19.9 Å². The van der Waals surface area contributed by atoms with Crippen LogP contribution in [0.15, 0.2) is 59.1 Å². The standard InChI is InChI=1S/C19H14N2O5/c22-17(23)16-9-20-18(26-16)21-19(24)25-10-15-13-7-3-1-5-11(13)12-6-2-4-8-14(12)15/h1-9,15H,10H2,(H,22,23)(H,20,21,24). The summed E-state index contributed by atoms with van der Waals surface area (Å²) in [4.78, 5) is 26.4.